The first-order valence-corrected chi connectivity index (χ1v) is 10.9. The van der Waals surface area contributed by atoms with Gasteiger partial charge in [-0.2, -0.15) is 0 Å². The molecule has 4 aromatic rings. The summed E-state index contributed by atoms with van der Waals surface area (Å²) in [4.78, 5) is 0. The van der Waals surface area contributed by atoms with Gasteiger partial charge >= 0.3 is 0 Å². The maximum absolute atomic E-state index is 6.13. The molecular weight excluding hydrogens is 486 g/mol. The Morgan fingerprint density at radius 1 is 0.655 bits per heavy atom. The molecule has 0 aliphatic heterocycles. The molecule has 4 rings (SSSR count). The summed E-state index contributed by atoms with van der Waals surface area (Å²) in [7, 11) is 0. The smallest absolute Gasteiger partial charge is 0.0320 e. The number of nitrogen functional groups attached to an aromatic ring is 1. The van der Waals surface area contributed by atoms with Crippen molar-refractivity contribution in [1.82, 2.24) is 0 Å². The third-order valence-corrected chi connectivity index (χ3v) is 5.83. The summed E-state index contributed by atoms with van der Waals surface area (Å²) in [6.45, 7) is 0. The van der Waals surface area contributed by atoms with Gasteiger partial charge in [0.1, 0.15) is 0 Å². The summed E-state index contributed by atoms with van der Waals surface area (Å²) in [5.41, 5.74) is 13.8. The van der Waals surface area contributed by atoms with Crippen LogP contribution in [0.2, 0.25) is 0 Å². The average molecular weight is 505 g/mol. The predicted octanol–water partition coefficient (Wildman–Crippen LogP) is 8.05. The summed E-state index contributed by atoms with van der Waals surface area (Å²) in [6, 6.07) is 33.3. The molecule has 2 N–H and O–H groups in total. The molecule has 0 saturated carbocycles. The van der Waals surface area contributed by atoms with Gasteiger partial charge in [0, 0.05) is 14.6 Å². The third kappa shape index (κ3) is 4.69. The lowest BCUT2D eigenvalue weighted by molar-refractivity contribution is 1.53. The topological polar surface area (TPSA) is 26.0 Å². The van der Waals surface area contributed by atoms with E-state index in [2.05, 4.69) is 117 Å². The number of hydrogen-bond donors (Lipinski definition) is 1. The molecule has 0 saturated heterocycles. The largest absolute Gasteiger partial charge is 0.399 e. The summed E-state index contributed by atoms with van der Waals surface area (Å²) >= 11 is 7.05. The summed E-state index contributed by atoms with van der Waals surface area (Å²) in [5, 5.41) is 0. The van der Waals surface area contributed by atoms with E-state index in [1.165, 1.54) is 11.1 Å². The van der Waals surface area contributed by atoms with Gasteiger partial charge in [0.15, 0.2) is 0 Å². The molecule has 0 amide bonds. The van der Waals surface area contributed by atoms with E-state index in [0.29, 0.717) is 0 Å². The van der Waals surface area contributed by atoms with E-state index in [1.807, 2.05) is 18.2 Å². The normalized spacial score (nSPS) is 11.4. The Labute approximate surface area is 188 Å². The van der Waals surface area contributed by atoms with E-state index in [9.17, 15) is 0 Å². The third-order valence-electron chi connectivity index (χ3n) is 4.77. The van der Waals surface area contributed by atoms with Crippen LogP contribution >= 0.6 is 31.9 Å². The summed E-state index contributed by atoms with van der Waals surface area (Å²) in [5.74, 6) is 0. The van der Waals surface area contributed by atoms with E-state index in [1.54, 1.807) is 0 Å². The van der Waals surface area contributed by atoms with E-state index in [4.69, 9.17) is 5.73 Å². The van der Waals surface area contributed by atoms with Crippen molar-refractivity contribution in [3.63, 3.8) is 0 Å². The molecule has 142 valence electrons. The van der Waals surface area contributed by atoms with Crippen LogP contribution in [0.1, 0.15) is 16.7 Å². The minimum absolute atomic E-state index is 0.755. The first kappa shape index (κ1) is 19.7. The Hall–Kier alpha value is -2.62. The van der Waals surface area contributed by atoms with Crippen LogP contribution < -0.4 is 5.73 Å². The van der Waals surface area contributed by atoms with Crippen molar-refractivity contribution in [1.29, 1.82) is 0 Å². The molecule has 0 radical (unpaired) electrons. The van der Waals surface area contributed by atoms with Crippen molar-refractivity contribution in [3.8, 4) is 11.1 Å². The molecule has 1 nitrogen and oxygen atoms in total. The van der Waals surface area contributed by atoms with Gasteiger partial charge in [-0.3, -0.25) is 0 Å². The van der Waals surface area contributed by atoms with E-state index in [0.717, 1.165) is 36.9 Å². The van der Waals surface area contributed by atoms with Gasteiger partial charge in [-0.15, -0.1) is 0 Å². The van der Waals surface area contributed by atoms with Crippen molar-refractivity contribution >= 4 is 49.2 Å². The fourth-order valence-corrected chi connectivity index (χ4v) is 3.84. The molecule has 4 aromatic carbocycles. The van der Waals surface area contributed by atoms with E-state index < -0.39 is 0 Å². The minimum atomic E-state index is 0.755. The van der Waals surface area contributed by atoms with Gasteiger partial charge in [-0.25, -0.2) is 0 Å². The van der Waals surface area contributed by atoms with E-state index in [-0.39, 0.29) is 0 Å². The standard InChI is InChI=1S/C26H19Br2N/c27-22-11-6-19(7-12-22)25(18-4-2-1-3-5-18)16-21-10-15-24(29)17-26(21)20-8-13-23(28)14-9-20/h1-17H,29H2. The van der Waals surface area contributed by atoms with Crippen LogP contribution in [0.4, 0.5) is 5.69 Å². The molecule has 0 aromatic heterocycles. The monoisotopic (exact) mass is 503 g/mol. The zero-order valence-electron chi connectivity index (χ0n) is 15.6. The zero-order chi connectivity index (χ0) is 20.2. The lowest BCUT2D eigenvalue weighted by Crippen LogP contribution is -1.92. The van der Waals surface area contributed by atoms with Crippen molar-refractivity contribution in [2.24, 2.45) is 0 Å². The SMILES string of the molecule is Nc1ccc(C=C(c2ccccc2)c2ccc(Br)cc2)c(-c2ccc(Br)cc2)c1. The molecule has 0 atom stereocenters. The molecule has 0 spiro atoms. The van der Waals surface area contributed by atoms with Crippen molar-refractivity contribution < 1.29 is 0 Å². The van der Waals surface area contributed by atoms with Crippen LogP contribution in [-0.2, 0) is 0 Å². The number of benzene rings is 4. The number of anilines is 1. The molecule has 0 unspecified atom stereocenters. The molecule has 29 heavy (non-hydrogen) atoms. The number of hydrogen-bond acceptors (Lipinski definition) is 1. The predicted molar refractivity (Wildman–Crippen MR) is 132 cm³/mol. The van der Waals surface area contributed by atoms with Crippen LogP contribution in [0.5, 0.6) is 0 Å². The van der Waals surface area contributed by atoms with Gasteiger partial charge in [-0.1, -0.05) is 92.5 Å². The molecule has 0 fully saturated rings. The molecule has 3 heteroatoms. The van der Waals surface area contributed by atoms with Crippen molar-refractivity contribution in [2.75, 3.05) is 5.73 Å². The molecule has 0 aliphatic rings. The Morgan fingerprint density at radius 2 is 1.24 bits per heavy atom. The Morgan fingerprint density at radius 3 is 1.90 bits per heavy atom. The lowest BCUT2D eigenvalue weighted by atomic mass is 9.92. The first-order valence-electron chi connectivity index (χ1n) is 9.29. The number of halogens is 2. The Bertz CT molecular complexity index is 1150. The van der Waals surface area contributed by atoms with Gasteiger partial charge in [0.25, 0.3) is 0 Å². The maximum atomic E-state index is 6.13. The molecular formula is C26H19Br2N. The van der Waals surface area contributed by atoms with Crippen molar-refractivity contribution in [2.45, 2.75) is 0 Å². The second-order valence-corrected chi connectivity index (χ2v) is 8.62. The van der Waals surface area contributed by atoms with Gasteiger partial charge < -0.3 is 5.73 Å². The highest BCUT2D eigenvalue weighted by atomic mass is 79.9. The van der Waals surface area contributed by atoms with Gasteiger partial charge in [-0.05, 0) is 75.9 Å². The summed E-state index contributed by atoms with van der Waals surface area (Å²) < 4.78 is 2.12. The Balaban J connectivity index is 1.91. The molecule has 0 aliphatic carbocycles. The number of nitrogens with two attached hydrogens (primary N) is 1. The number of rotatable bonds is 4. The van der Waals surface area contributed by atoms with Crippen LogP contribution in [0.25, 0.3) is 22.8 Å². The fourth-order valence-electron chi connectivity index (χ4n) is 3.32. The second-order valence-electron chi connectivity index (χ2n) is 6.78. The van der Waals surface area contributed by atoms with Crippen LogP contribution in [0.3, 0.4) is 0 Å². The fraction of sp³-hybridized carbons (Fsp3) is 0. The Kier molecular flexibility index (Phi) is 5.98. The quantitative estimate of drug-likeness (QED) is 0.221. The maximum Gasteiger partial charge on any atom is 0.0320 e. The minimum Gasteiger partial charge on any atom is -0.399 e. The highest BCUT2D eigenvalue weighted by Gasteiger charge is 2.09. The lowest BCUT2D eigenvalue weighted by Gasteiger charge is -2.13. The average Bonchev–Trinajstić information content (AvgIpc) is 2.75. The van der Waals surface area contributed by atoms with E-state index >= 15 is 0 Å². The van der Waals surface area contributed by atoms with Crippen molar-refractivity contribution in [3.05, 3.63) is 123 Å². The second kappa shape index (κ2) is 8.81. The highest BCUT2D eigenvalue weighted by molar-refractivity contribution is 9.10. The van der Waals surface area contributed by atoms with Crippen LogP contribution in [0, 0.1) is 0 Å². The zero-order valence-corrected chi connectivity index (χ0v) is 18.8. The van der Waals surface area contributed by atoms with Gasteiger partial charge in [0.2, 0.25) is 0 Å². The molecule has 0 bridgehead atoms. The van der Waals surface area contributed by atoms with Crippen LogP contribution in [0.15, 0.2) is 106 Å². The first-order chi connectivity index (χ1) is 14.1. The van der Waals surface area contributed by atoms with Gasteiger partial charge in [0.05, 0.1) is 0 Å². The highest BCUT2D eigenvalue weighted by Crippen LogP contribution is 2.33. The molecule has 0 heterocycles. The summed E-state index contributed by atoms with van der Waals surface area (Å²) in [6.07, 6.45) is 2.25. The van der Waals surface area contributed by atoms with Crippen LogP contribution in [-0.4, -0.2) is 0 Å².